The van der Waals surface area contributed by atoms with Crippen molar-refractivity contribution in [1.29, 1.82) is 0 Å². The summed E-state index contributed by atoms with van der Waals surface area (Å²) < 4.78 is 17.7. The Labute approximate surface area is 202 Å². The van der Waals surface area contributed by atoms with E-state index in [0.717, 1.165) is 12.2 Å². The van der Waals surface area contributed by atoms with Crippen LogP contribution in [-0.4, -0.2) is 106 Å². The van der Waals surface area contributed by atoms with Gasteiger partial charge in [0.05, 0.1) is 43.5 Å². The molecule has 0 bridgehead atoms. The number of ether oxygens (including phenoxy) is 3. The number of hydrogen-bond acceptors (Lipinski definition) is 9. The number of hydrogen-bond donors (Lipinski definition) is 5. The highest BCUT2D eigenvalue weighted by atomic mass is 32.2. The summed E-state index contributed by atoms with van der Waals surface area (Å²) in [4.78, 5) is 10.5. The number of carboxylic acids is 1. The van der Waals surface area contributed by atoms with Gasteiger partial charge >= 0.3 is 5.97 Å². The van der Waals surface area contributed by atoms with Crippen LogP contribution in [-0.2, 0) is 19.0 Å². The van der Waals surface area contributed by atoms with Crippen LogP contribution in [0, 0.1) is 5.41 Å². The maximum absolute atomic E-state index is 11.2. The third-order valence-corrected chi connectivity index (χ3v) is 6.25. The van der Waals surface area contributed by atoms with Gasteiger partial charge in [0.15, 0.2) is 0 Å². The summed E-state index contributed by atoms with van der Waals surface area (Å²) >= 11 is 1.57. The molecule has 0 saturated carbocycles. The van der Waals surface area contributed by atoms with Gasteiger partial charge < -0.3 is 40.0 Å². The minimum absolute atomic E-state index is 0.151. The molecule has 10 heteroatoms. The fraction of sp³-hybridized carbons (Fsp3) is 0.957. The molecule has 0 aliphatic carbocycles. The molecule has 0 radical (unpaired) electrons. The second-order valence-electron chi connectivity index (χ2n) is 10.6. The van der Waals surface area contributed by atoms with E-state index in [4.69, 9.17) is 19.3 Å². The average Bonchev–Trinajstić information content (AvgIpc) is 2.68. The topological polar surface area (TPSA) is 138 Å². The van der Waals surface area contributed by atoms with Crippen LogP contribution in [0.1, 0.15) is 54.4 Å². The van der Waals surface area contributed by atoms with Crippen molar-refractivity contribution in [2.24, 2.45) is 5.41 Å². The lowest BCUT2D eigenvalue weighted by Crippen LogP contribution is -2.67. The van der Waals surface area contributed by atoms with Gasteiger partial charge in [-0.25, -0.2) is 0 Å². The van der Waals surface area contributed by atoms with Gasteiger partial charge in [0, 0.05) is 18.9 Å². The van der Waals surface area contributed by atoms with E-state index in [0.29, 0.717) is 12.4 Å². The first-order valence-electron chi connectivity index (χ1n) is 11.7. The molecule has 6 atom stereocenters. The summed E-state index contributed by atoms with van der Waals surface area (Å²) in [5, 5.41) is 43.2. The van der Waals surface area contributed by atoms with E-state index in [1.807, 2.05) is 41.5 Å². The van der Waals surface area contributed by atoms with Gasteiger partial charge in [-0.3, -0.25) is 4.79 Å². The van der Waals surface area contributed by atoms with E-state index in [1.54, 1.807) is 11.8 Å². The average molecular weight is 496 g/mol. The first-order chi connectivity index (χ1) is 15.3. The molecule has 9 nitrogen and oxygen atoms in total. The van der Waals surface area contributed by atoms with Crippen LogP contribution in [0.15, 0.2) is 0 Å². The lowest BCUT2D eigenvalue weighted by Gasteiger charge is -2.50. The summed E-state index contributed by atoms with van der Waals surface area (Å²) in [6, 6.07) is -0.500. The van der Waals surface area contributed by atoms with Crippen molar-refractivity contribution in [2.45, 2.75) is 96.5 Å². The Morgan fingerprint density at radius 2 is 1.85 bits per heavy atom. The van der Waals surface area contributed by atoms with Crippen molar-refractivity contribution in [3.05, 3.63) is 0 Å². The molecular weight excluding hydrogens is 450 g/mol. The van der Waals surface area contributed by atoms with Crippen LogP contribution in [0.25, 0.3) is 0 Å². The molecule has 0 aromatic carbocycles. The molecule has 33 heavy (non-hydrogen) atoms. The lowest BCUT2D eigenvalue weighted by atomic mass is 9.78. The monoisotopic (exact) mass is 495 g/mol. The van der Waals surface area contributed by atoms with E-state index in [1.165, 1.54) is 0 Å². The number of carboxylic acid groups (broad SMARTS) is 1. The van der Waals surface area contributed by atoms with E-state index in [-0.39, 0.29) is 31.6 Å². The molecule has 1 aliphatic heterocycles. The summed E-state index contributed by atoms with van der Waals surface area (Å²) in [6.45, 7) is 12.3. The highest BCUT2D eigenvalue weighted by Crippen LogP contribution is 2.35. The summed E-state index contributed by atoms with van der Waals surface area (Å²) in [6.07, 6.45) is -2.53. The fourth-order valence-electron chi connectivity index (χ4n) is 3.70. The van der Waals surface area contributed by atoms with Crippen LogP contribution in [0.2, 0.25) is 0 Å². The Balaban J connectivity index is 2.56. The second-order valence-corrected chi connectivity index (χ2v) is 11.8. The first-order valence-corrected chi connectivity index (χ1v) is 12.8. The fourth-order valence-corrected chi connectivity index (χ4v) is 4.55. The normalized spacial score (nSPS) is 27.5. The molecule has 1 heterocycles. The number of rotatable bonds is 14. The van der Waals surface area contributed by atoms with Gasteiger partial charge in [-0.2, -0.15) is 11.8 Å². The largest absolute Gasteiger partial charge is 0.481 e. The molecule has 1 fully saturated rings. The standard InChI is InChI=1S/C23H45NO8S/c1-22(2,3)21-18(19(29)20(16(13-25)31-21)32-23(4,5)6)24-12-15(26)14-30-9-7-10-33-11-8-17(27)28/h15-16,18-21,24-26,29H,7-14H2,1-6H3,(H,27,28). The summed E-state index contributed by atoms with van der Waals surface area (Å²) in [5.74, 6) is 0.598. The highest BCUT2D eigenvalue weighted by molar-refractivity contribution is 7.99. The Hall–Kier alpha value is -0.460. The van der Waals surface area contributed by atoms with Crippen LogP contribution in [0.3, 0.4) is 0 Å². The summed E-state index contributed by atoms with van der Waals surface area (Å²) in [5.41, 5.74) is -0.848. The molecule has 0 amide bonds. The molecule has 1 aliphatic rings. The first kappa shape index (κ1) is 30.6. The molecule has 1 saturated heterocycles. The van der Waals surface area contributed by atoms with Crippen LogP contribution < -0.4 is 5.32 Å². The SMILES string of the molecule is CC(C)(C)OC1C(CO)OC(C(C)(C)C)C(NCC(O)COCCCSCCC(=O)O)C1O. The molecule has 5 N–H and O–H groups in total. The zero-order valence-electron chi connectivity index (χ0n) is 21.0. The van der Waals surface area contributed by atoms with Crippen molar-refractivity contribution in [2.75, 3.05) is 37.9 Å². The quantitative estimate of drug-likeness (QED) is 0.224. The second kappa shape index (κ2) is 14.2. The Morgan fingerprint density at radius 3 is 2.39 bits per heavy atom. The van der Waals surface area contributed by atoms with Gasteiger partial charge in [-0.05, 0) is 38.4 Å². The maximum atomic E-state index is 11.2. The highest BCUT2D eigenvalue weighted by Gasteiger charge is 2.50. The molecule has 1 rings (SSSR count). The predicted molar refractivity (Wildman–Crippen MR) is 129 cm³/mol. The molecule has 0 aromatic heterocycles. The van der Waals surface area contributed by atoms with Gasteiger partial charge in [-0.1, -0.05) is 20.8 Å². The van der Waals surface area contributed by atoms with E-state index >= 15 is 0 Å². The molecule has 0 aromatic rings. The van der Waals surface area contributed by atoms with Gasteiger partial charge in [-0.15, -0.1) is 0 Å². The predicted octanol–water partition coefficient (Wildman–Crippen LogP) is 1.27. The molecular formula is C23H45NO8S. The van der Waals surface area contributed by atoms with Gasteiger partial charge in [0.25, 0.3) is 0 Å². The minimum atomic E-state index is -0.935. The lowest BCUT2D eigenvalue weighted by molar-refractivity contribution is -0.251. The Morgan fingerprint density at radius 1 is 1.18 bits per heavy atom. The van der Waals surface area contributed by atoms with Gasteiger partial charge in [0.1, 0.15) is 18.3 Å². The van der Waals surface area contributed by atoms with Crippen molar-refractivity contribution in [3.63, 3.8) is 0 Å². The number of thioether (sulfide) groups is 1. The number of aliphatic hydroxyl groups excluding tert-OH is 3. The van der Waals surface area contributed by atoms with E-state index < -0.39 is 48.1 Å². The summed E-state index contributed by atoms with van der Waals surface area (Å²) in [7, 11) is 0. The van der Waals surface area contributed by atoms with Crippen molar-refractivity contribution < 1.29 is 39.4 Å². The third-order valence-electron chi connectivity index (χ3n) is 5.18. The number of carbonyl (C=O) groups is 1. The van der Waals surface area contributed by atoms with Crippen molar-refractivity contribution in [1.82, 2.24) is 5.32 Å². The molecule has 6 unspecified atom stereocenters. The molecule has 196 valence electrons. The minimum Gasteiger partial charge on any atom is -0.481 e. The third kappa shape index (κ3) is 11.7. The number of aliphatic hydroxyl groups is 3. The van der Waals surface area contributed by atoms with Crippen molar-refractivity contribution >= 4 is 17.7 Å². The van der Waals surface area contributed by atoms with Crippen molar-refractivity contribution in [3.8, 4) is 0 Å². The van der Waals surface area contributed by atoms with Crippen LogP contribution >= 0.6 is 11.8 Å². The smallest absolute Gasteiger partial charge is 0.304 e. The van der Waals surface area contributed by atoms with E-state index in [9.17, 15) is 20.1 Å². The maximum Gasteiger partial charge on any atom is 0.304 e. The Kier molecular flexibility index (Phi) is 13.1. The zero-order chi connectivity index (χ0) is 25.2. The van der Waals surface area contributed by atoms with Crippen LogP contribution in [0.4, 0.5) is 0 Å². The molecule has 0 spiro atoms. The van der Waals surface area contributed by atoms with E-state index in [2.05, 4.69) is 5.32 Å². The van der Waals surface area contributed by atoms with Crippen LogP contribution in [0.5, 0.6) is 0 Å². The van der Waals surface area contributed by atoms with Gasteiger partial charge in [0.2, 0.25) is 0 Å². The number of nitrogens with one attached hydrogen (secondary N) is 1. The Bertz CT molecular complexity index is 566. The number of aliphatic carboxylic acids is 1. The zero-order valence-corrected chi connectivity index (χ0v) is 21.8.